The van der Waals surface area contributed by atoms with Crippen LogP contribution in [0.1, 0.15) is 23.6 Å². The van der Waals surface area contributed by atoms with Crippen LogP contribution in [0.15, 0.2) is 77.9 Å². The van der Waals surface area contributed by atoms with Crippen LogP contribution in [0.3, 0.4) is 0 Å². The molecule has 2 amide bonds. The van der Waals surface area contributed by atoms with Crippen molar-refractivity contribution in [3.8, 4) is 11.5 Å². The zero-order chi connectivity index (χ0) is 22.8. The summed E-state index contributed by atoms with van der Waals surface area (Å²) in [5.74, 6) is -0.492. The summed E-state index contributed by atoms with van der Waals surface area (Å²) >= 11 is 0. The number of carbonyl (C=O) groups excluding carboxylic acids is 2. The number of nitrogens with zero attached hydrogens (tertiary/aromatic N) is 1. The molecule has 0 unspecified atom stereocenters. The molecule has 0 fully saturated rings. The second-order valence-corrected chi connectivity index (χ2v) is 6.94. The maximum Gasteiger partial charge on any atom is 0.329 e. The van der Waals surface area contributed by atoms with Crippen LogP contribution in [0, 0.1) is 6.92 Å². The topological polar surface area (TPSA) is 89.0 Å². The smallest absolute Gasteiger partial charge is 0.329 e. The molecule has 3 aromatic carbocycles. The molecule has 7 heteroatoms. The van der Waals surface area contributed by atoms with E-state index in [0.717, 1.165) is 11.1 Å². The van der Waals surface area contributed by atoms with Gasteiger partial charge in [0, 0.05) is 5.69 Å². The normalized spacial score (nSPS) is 10.6. The predicted molar refractivity (Wildman–Crippen MR) is 124 cm³/mol. The Kier molecular flexibility index (Phi) is 7.97. The molecule has 0 aromatic heterocycles. The van der Waals surface area contributed by atoms with Crippen LogP contribution in [0.25, 0.3) is 0 Å². The van der Waals surface area contributed by atoms with Gasteiger partial charge in [-0.1, -0.05) is 42.5 Å². The van der Waals surface area contributed by atoms with Crippen LogP contribution < -0.4 is 20.2 Å². The lowest BCUT2D eigenvalue weighted by atomic mass is 10.2. The zero-order valence-electron chi connectivity index (χ0n) is 18.0. The second-order valence-electron chi connectivity index (χ2n) is 6.94. The van der Waals surface area contributed by atoms with Crippen molar-refractivity contribution in [2.45, 2.75) is 20.5 Å². The predicted octanol–water partition coefficient (Wildman–Crippen LogP) is 4.06. The average molecular weight is 431 g/mol. The summed E-state index contributed by atoms with van der Waals surface area (Å²) in [5, 5.41) is 6.40. The summed E-state index contributed by atoms with van der Waals surface area (Å²) in [7, 11) is 0. The lowest BCUT2D eigenvalue weighted by Crippen LogP contribution is -2.32. The Morgan fingerprint density at radius 3 is 2.47 bits per heavy atom. The van der Waals surface area contributed by atoms with Gasteiger partial charge in [-0.25, -0.2) is 5.43 Å². The lowest BCUT2D eigenvalue weighted by Gasteiger charge is -2.12. The number of anilines is 1. The van der Waals surface area contributed by atoms with E-state index in [-0.39, 0.29) is 0 Å². The number of rotatable bonds is 8. The number of carbonyl (C=O) groups is 2. The first-order valence-electron chi connectivity index (χ1n) is 10.2. The van der Waals surface area contributed by atoms with Crippen molar-refractivity contribution in [1.82, 2.24) is 5.43 Å². The van der Waals surface area contributed by atoms with E-state index in [2.05, 4.69) is 15.8 Å². The maximum absolute atomic E-state index is 12.0. The quantitative estimate of drug-likeness (QED) is 0.320. The summed E-state index contributed by atoms with van der Waals surface area (Å²) < 4.78 is 11.5. The van der Waals surface area contributed by atoms with E-state index in [4.69, 9.17) is 9.47 Å². The minimum absolute atomic E-state index is 0.417. The molecule has 0 saturated carbocycles. The van der Waals surface area contributed by atoms with E-state index in [1.165, 1.54) is 6.21 Å². The molecular formula is C25H25N3O4. The summed E-state index contributed by atoms with van der Waals surface area (Å²) in [6, 6.07) is 22.3. The van der Waals surface area contributed by atoms with Crippen molar-refractivity contribution < 1.29 is 19.1 Å². The maximum atomic E-state index is 12.0. The van der Waals surface area contributed by atoms with Gasteiger partial charge in [0.05, 0.1) is 12.8 Å². The molecule has 0 radical (unpaired) electrons. The number of hydrogen-bond donors (Lipinski definition) is 2. The van der Waals surface area contributed by atoms with Gasteiger partial charge in [0.1, 0.15) is 6.61 Å². The Balaban J connectivity index is 1.58. The first-order valence-corrected chi connectivity index (χ1v) is 10.2. The van der Waals surface area contributed by atoms with Crippen LogP contribution in [0.4, 0.5) is 5.69 Å². The fraction of sp³-hybridized carbons (Fsp3) is 0.160. The molecule has 0 aliphatic heterocycles. The van der Waals surface area contributed by atoms with E-state index in [9.17, 15) is 9.59 Å². The van der Waals surface area contributed by atoms with E-state index in [1.807, 2.05) is 50.2 Å². The number of hydrogen-bond acceptors (Lipinski definition) is 5. The Morgan fingerprint density at radius 1 is 0.906 bits per heavy atom. The highest BCUT2D eigenvalue weighted by Gasteiger charge is 2.13. The van der Waals surface area contributed by atoms with Crippen molar-refractivity contribution in [2.24, 2.45) is 5.10 Å². The Hall–Kier alpha value is -4.13. The molecule has 0 bridgehead atoms. The third-order valence-electron chi connectivity index (χ3n) is 4.37. The van der Waals surface area contributed by atoms with E-state index in [0.29, 0.717) is 36.0 Å². The Morgan fingerprint density at radius 2 is 1.72 bits per heavy atom. The van der Waals surface area contributed by atoms with Crippen LogP contribution in [-0.4, -0.2) is 24.6 Å². The van der Waals surface area contributed by atoms with Crippen molar-refractivity contribution in [3.63, 3.8) is 0 Å². The third kappa shape index (κ3) is 6.70. The molecule has 3 rings (SSSR count). The summed E-state index contributed by atoms with van der Waals surface area (Å²) in [5.41, 5.74) is 5.47. The van der Waals surface area contributed by atoms with Gasteiger partial charge in [-0.15, -0.1) is 0 Å². The number of ether oxygens (including phenoxy) is 2. The van der Waals surface area contributed by atoms with Crippen LogP contribution in [0.2, 0.25) is 0 Å². The van der Waals surface area contributed by atoms with Crippen molar-refractivity contribution in [2.75, 3.05) is 11.9 Å². The fourth-order valence-corrected chi connectivity index (χ4v) is 2.85. The minimum atomic E-state index is -0.865. The number of benzene rings is 3. The monoisotopic (exact) mass is 431 g/mol. The summed E-state index contributed by atoms with van der Waals surface area (Å²) in [4.78, 5) is 24.0. The average Bonchev–Trinajstić information content (AvgIpc) is 2.79. The second kappa shape index (κ2) is 11.3. The standard InChI is InChI=1S/C25H25N3O4/c1-3-31-23-15-20(12-13-22(23)32-17-19-9-5-4-6-10-19)16-26-28-25(30)24(29)27-21-11-7-8-18(2)14-21/h4-16H,3,17H2,1-2H3,(H,27,29)(H,28,30)/b26-16-. The third-order valence-corrected chi connectivity index (χ3v) is 4.37. The molecule has 0 atom stereocenters. The van der Waals surface area contributed by atoms with Crippen LogP contribution in [0.5, 0.6) is 11.5 Å². The van der Waals surface area contributed by atoms with E-state index >= 15 is 0 Å². The van der Waals surface area contributed by atoms with Crippen LogP contribution in [-0.2, 0) is 16.2 Å². The highest BCUT2D eigenvalue weighted by atomic mass is 16.5. The van der Waals surface area contributed by atoms with Gasteiger partial charge < -0.3 is 14.8 Å². The van der Waals surface area contributed by atoms with Crippen molar-refractivity contribution in [3.05, 3.63) is 89.5 Å². The summed E-state index contributed by atoms with van der Waals surface area (Å²) in [6.07, 6.45) is 1.43. The molecule has 0 aliphatic carbocycles. The van der Waals surface area contributed by atoms with Gasteiger partial charge in [-0.2, -0.15) is 5.10 Å². The molecule has 164 valence electrons. The minimum Gasteiger partial charge on any atom is -0.490 e. The number of hydrazone groups is 1. The molecule has 3 aromatic rings. The van der Waals surface area contributed by atoms with Crippen molar-refractivity contribution >= 4 is 23.7 Å². The van der Waals surface area contributed by atoms with E-state index < -0.39 is 11.8 Å². The molecule has 32 heavy (non-hydrogen) atoms. The number of nitrogens with one attached hydrogen (secondary N) is 2. The molecule has 2 N–H and O–H groups in total. The molecular weight excluding hydrogens is 406 g/mol. The van der Waals surface area contributed by atoms with Gasteiger partial charge >= 0.3 is 11.8 Å². The highest BCUT2D eigenvalue weighted by Crippen LogP contribution is 2.28. The number of amides is 2. The highest BCUT2D eigenvalue weighted by molar-refractivity contribution is 6.39. The molecule has 0 saturated heterocycles. The molecule has 0 aliphatic rings. The fourth-order valence-electron chi connectivity index (χ4n) is 2.85. The zero-order valence-corrected chi connectivity index (χ0v) is 18.0. The molecule has 0 spiro atoms. The molecule has 7 nitrogen and oxygen atoms in total. The SMILES string of the molecule is CCOc1cc(/C=N\NC(=O)C(=O)Nc2cccc(C)c2)ccc1OCc1ccccc1. The van der Waals surface area contributed by atoms with E-state index in [1.54, 1.807) is 36.4 Å². The Labute approximate surface area is 187 Å². The van der Waals surface area contributed by atoms with Gasteiger partial charge in [-0.3, -0.25) is 9.59 Å². The van der Waals surface area contributed by atoms with Crippen molar-refractivity contribution in [1.29, 1.82) is 0 Å². The van der Waals surface area contributed by atoms with Gasteiger partial charge in [0.25, 0.3) is 0 Å². The molecule has 0 heterocycles. The van der Waals surface area contributed by atoms with Gasteiger partial charge in [0.15, 0.2) is 11.5 Å². The summed E-state index contributed by atoms with van der Waals surface area (Å²) in [6.45, 7) is 4.67. The number of aryl methyl sites for hydroxylation is 1. The van der Waals surface area contributed by atoms with Gasteiger partial charge in [-0.05, 0) is 60.9 Å². The largest absolute Gasteiger partial charge is 0.490 e. The first kappa shape index (κ1) is 22.6. The lowest BCUT2D eigenvalue weighted by molar-refractivity contribution is -0.136. The first-order chi connectivity index (χ1) is 15.5. The van der Waals surface area contributed by atoms with Crippen LogP contribution >= 0.6 is 0 Å². The Bertz CT molecular complexity index is 1100. The van der Waals surface area contributed by atoms with Gasteiger partial charge in [0.2, 0.25) is 0 Å².